The summed E-state index contributed by atoms with van der Waals surface area (Å²) in [5.41, 5.74) is 1.90. The van der Waals surface area contributed by atoms with E-state index in [1.54, 1.807) is 0 Å². The first-order valence-corrected chi connectivity index (χ1v) is 6.48. The lowest BCUT2D eigenvalue weighted by molar-refractivity contribution is 0.0999. The van der Waals surface area contributed by atoms with Gasteiger partial charge in [0.1, 0.15) is 0 Å². The Kier molecular flexibility index (Phi) is 3.89. The molecule has 1 aliphatic rings. The average Bonchev–Trinajstić information content (AvgIpc) is 2.55. The topological polar surface area (TPSA) is 47.3 Å². The monoisotopic (exact) mass is 242 g/mol. The summed E-state index contributed by atoms with van der Waals surface area (Å²) in [7, 11) is 1.94. The highest BCUT2D eigenvalue weighted by Gasteiger charge is 2.20. The molecule has 0 bridgehead atoms. The van der Waals surface area contributed by atoms with Crippen LogP contribution in [-0.4, -0.2) is 33.4 Å². The highest BCUT2D eigenvalue weighted by atomic mass is 32.2. The number of thioether (sulfide) groups is 1. The number of aliphatic hydroxyl groups is 1. The molecule has 0 aromatic carbocycles. The zero-order valence-electron chi connectivity index (χ0n) is 9.77. The second-order valence-corrected chi connectivity index (χ2v) is 5.37. The molecular formula is C11H18N2O2S. The van der Waals surface area contributed by atoms with E-state index in [9.17, 15) is 5.11 Å². The van der Waals surface area contributed by atoms with Gasteiger partial charge in [-0.3, -0.25) is 4.68 Å². The van der Waals surface area contributed by atoms with Crippen LogP contribution in [0.1, 0.15) is 24.1 Å². The standard InChI is InChI=1S/C11H18N2O2S/c1-8-10(7-14)11(13(2)12-8)16-9-3-5-15-6-4-9/h9,14H,3-7H2,1-2H3. The Morgan fingerprint density at radius 2 is 2.19 bits per heavy atom. The predicted molar refractivity (Wildman–Crippen MR) is 63.6 cm³/mol. The van der Waals surface area contributed by atoms with E-state index >= 15 is 0 Å². The second kappa shape index (κ2) is 5.21. The largest absolute Gasteiger partial charge is 0.392 e. The van der Waals surface area contributed by atoms with Crippen molar-refractivity contribution in [1.29, 1.82) is 0 Å². The van der Waals surface area contributed by atoms with Crippen LogP contribution < -0.4 is 0 Å². The molecule has 0 amide bonds. The highest BCUT2D eigenvalue weighted by Crippen LogP contribution is 2.32. The van der Waals surface area contributed by atoms with Crippen LogP contribution in [0.4, 0.5) is 0 Å². The molecule has 1 aromatic heterocycles. The molecule has 1 aromatic rings. The number of aryl methyl sites for hydroxylation is 2. The zero-order valence-corrected chi connectivity index (χ0v) is 10.6. The Hall–Kier alpha value is -0.520. The van der Waals surface area contributed by atoms with Gasteiger partial charge >= 0.3 is 0 Å². The maximum Gasteiger partial charge on any atom is 0.0997 e. The van der Waals surface area contributed by atoms with Gasteiger partial charge in [0.2, 0.25) is 0 Å². The van der Waals surface area contributed by atoms with Gasteiger partial charge in [0.15, 0.2) is 0 Å². The quantitative estimate of drug-likeness (QED) is 0.872. The fourth-order valence-corrected chi connectivity index (χ4v) is 3.25. The smallest absolute Gasteiger partial charge is 0.0997 e. The molecule has 1 aliphatic heterocycles. The Bertz CT molecular complexity index is 359. The first kappa shape index (κ1) is 12.0. The van der Waals surface area contributed by atoms with E-state index in [2.05, 4.69) is 5.10 Å². The van der Waals surface area contributed by atoms with Crippen LogP contribution in [0.2, 0.25) is 0 Å². The van der Waals surface area contributed by atoms with Gasteiger partial charge in [-0.05, 0) is 19.8 Å². The van der Waals surface area contributed by atoms with Gasteiger partial charge < -0.3 is 9.84 Å². The summed E-state index contributed by atoms with van der Waals surface area (Å²) < 4.78 is 7.22. The average molecular weight is 242 g/mol. The lowest BCUT2D eigenvalue weighted by Crippen LogP contribution is -2.18. The Morgan fingerprint density at radius 3 is 2.81 bits per heavy atom. The van der Waals surface area contributed by atoms with Crippen LogP contribution in [0.15, 0.2) is 5.03 Å². The van der Waals surface area contributed by atoms with E-state index in [0.717, 1.165) is 42.3 Å². The zero-order chi connectivity index (χ0) is 11.5. The number of hydrogen-bond acceptors (Lipinski definition) is 4. The minimum Gasteiger partial charge on any atom is -0.392 e. The lowest BCUT2D eigenvalue weighted by Gasteiger charge is -2.21. The van der Waals surface area contributed by atoms with Crippen molar-refractivity contribution in [3.8, 4) is 0 Å². The molecule has 5 heteroatoms. The SMILES string of the molecule is Cc1nn(C)c(SC2CCOCC2)c1CO. The van der Waals surface area contributed by atoms with Gasteiger partial charge in [0.25, 0.3) is 0 Å². The predicted octanol–water partition coefficient (Wildman–Crippen LogP) is 1.49. The van der Waals surface area contributed by atoms with Gasteiger partial charge in [0, 0.05) is 31.1 Å². The lowest BCUT2D eigenvalue weighted by atomic mass is 10.2. The molecule has 90 valence electrons. The van der Waals surface area contributed by atoms with Crippen molar-refractivity contribution in [2.75, 3.05) is 13.2 Å². The van der Waals surface area contributed by atoms with Crippen molar-refractivity contribution < 1.29 is 9.84 Å². The number of aliphatic hydroxyl groups excluding tert-OH is 1. The van der Waals surface area contributed by atoms with E-state index in [1.807, 2.05) is 30.4 Å². The molecule has 1 saturated heterocycles. The summed E-state index contributed by atoms with van der Waals surface area (Å²) in [6.07, 6.45) is 2.17. The summed E-state index contributed by atoms with van der Waals surface area (Å²) in [4.78, 5) is 0. The molecule has 1 N–H and O–H groups in total. The van der Waals surface area contributed by atoms with Crippen molar-refractivity contribution in [1.82, 2.24) is 9.78 Å². The molecule has 0 spiro atoms. The third kappa shape index (κ3) is 2.42. The first-order chi connectivity index (χ1) is 7.72. The normalized spacial score (nSPS) is 17.9. The van der Waals surface area contributed by atoms with Gasteiger partial charge in [-0.1, -0.05) is 0 Å². The Morgan fingerprint density at radius 1 is 1.50 bits per heavy atom. The first-order valence-electron chi connectivity index (χ1n) is 5.60. The van der Waals surface area contributed by atoms with E-state index < -0.39 is 0 Å². The summed E-state index contributed by atoms with van der Waals surface area (Å²) in [6, 6.07) is 0. The molecule has 16 heavy (non-hydrogen) atoms. The maximum absolute atomic E-state index is 9.35. The number of rotatable bonds is 3. The second-order valence-electron chi connectivity index (χ2n) is 4.08. The van der Waals surface area contributed by atoms with Crippen LogP contribution >= 0.6 is 11.8 Å². The van der Waals surface area contributed by atoms with Crippen LogP contribution in [0.5, 0.6) is 0 Å². The summed E-state index contributed by atoms with van der Waals surface area (Å²) in [5.74, 6) is 0. The highest BCUT2D eigenvalue weighted by molar-refractivity contribution is 7.99. The summed E-state index contributed by atoms with van der Waals surface area (Å²) in [5, 5.41) is 15.4. The van der Waals surface area contributed by atoms with Crippen molar-refractivity contribution in [2.24, 2.45) is 7.05 Å². The van der Waals surface area contributed by atoms with Crippen LogP contribution in [0.3, 0.4) is 0 Å². The fourth-order valence-electron chi connectivity index (χ4n) is 1.96. The van der Waals surface area contributed by atoms with Crippen molar-refractivity contribution in [3.63, 3.8) is 0 Å². The molecule has 0 atom stereocenters. The summed E-state index contributed by atoms with van der Waals surface area (Å²) >= 11 is 1.82. The Balaban J connectivity index is 2.13. The van der Waals surface area contributed by atoms with E-state index in [4.69, 9.17) is 4.74 Å². The number of nitrogens with zero attached hydrogens (tertiary/aromatic N) is 2. The summed E-state index contributed by atoms with van der Waals surface area (Å²) in [6.45, 7) is 3.72. The molecular weight excluding hydrogens is 224 g/mol. The molecule has 0 saturated carbocycles. The van der Waals surface area contributed by atoms with Gasteiger partial charge in [0.05, 0.1) is 17.3 Å². The number of hydrogen-bond donors (Lipinski definition) is 1. The van der Waals surface area contributed by atoms with Crippen molar-refractivity contribution in [3.05, 3.63) is 11.3 Å². The number of ether oxygens (including phenoxy) is 1. The third-order valence-corrected chi connectivity index (χ3v) is 4.43. The molecule has 0 aliphatic carbocycles. The van der Waals surface area contributed by atoms with Crippen molar-refractivity contribution in [2.45, 2.75) is 36.6 Å². The number of aromatic nitrogens is 2. The maximum atomic E-state index is 9.35. The van der Waals surface area contributed by atoms with Gasteiger partial charge in [-0.15, -0.1) is 11.8 Å². The van der Waals surface area contributed by atoms with E-state index in [-0.39, 0.29) is 6.61 Å². The van der Waals surface area contributed by atoms with E-state index in [1.165, 1.54) is 0 Å². The van der Waals surface area contributed by atoms with E-state index in [0.29, 0.717) is 5.25 Å². The molecule has 0 unspecified atom stereocenters. The van der Waals surface area contributed by atoms with Crippen molar-refractivity contribution >= 4 is 11.8 Å². The minimum absolute atomic E-state index is 0.0746. The Labute approximate surface area is 100.0 Å². The van der Waals surface area contributed by atoms with Gasteiger partial charge in [-0.25, -0.2) is 0 Å². The minimum atomic E-state index is 0.0746. The van der Waals surface area contributed by atoms with Crippen LogP contribution in [0.25, 0.3) is 0 Å². The van der Waals surface area contributed by atoms with Gasteiger partial charge in [-0.2, -0.15) is 5.10 Å². The molecule has 0 radical (unpaired) electrons. The van der Waals surface area contributed by atoms with Crippen LogP contribution in [-0.2, 0) is 18.4 Å². The molecule has 2 heterocycles. The fraction of sp³-hybridized carbons (Fsp3) is 0.727. The molecule has 2 rings (SSSR count). The molecule has 1 fully saturated rings. The molecule has 4 nitrogen and oxygen atoms in total. The van der Waals surface area contributed by atoms with Crippen LogP contribution in [0, 0.1) is 6.92 Å². The third-order valence-electron chi connectivity index (χ3n) is 2.89.